The van der Waals surface area contributed by atoms with Crippen LogP contribution in [0.2, 0.25) is 0 Å². The van der Waals surface area contributed by atoms with Crippen molar-refractivity contribution in [3.63, 3.8) is 0 Å². The van der Waals surface area contributed by atoms with E-state index in [1.165, 1.54) is 0 Å². The quantitative estimate of drug-likeness (QED) is 0.854. The fraction of sp³-hybridized carbons (Fsp3) is 0.438. The molecule has 0 atom stereocenters. The summed E-state index contributed by atoms with van der Waals surface area (Å²) in [5, 5.41) is 8.51. The van der Waals surface area contributed by atoms with Crippen molar-refractivity contribution < 1.29 is 23.4 Å². The second-order valence-corrected chi connectivity index (χ2v) is 5.48. The fourth-order valence-corrected chi connectivity index (χ4v) is 2.47. The lowest BCUT2D eigenvalue weighted by atomic mass is 9.89. The van der Waals surface area contributed by atoms with Crippen molar-refractivity contribution in [1.29, 1.82) is 0 Å². The summed E-state index contributed by atoms with van der Waals surface area (Å²) in [6.45, 7) is 2.15. The molecule has 1 N–H and O–H groups in total. The smallest absolute Gasteiger partial charge is 0.328 e. The van der Waals surface area contributed by atoms with Gasteiger partial charge in [0.1, 0.15) is 0 Å². The maximum Gasteiger partial charge on any atom is 0.328 e. The molecule has 5 heteroatoms. The van der Waals surface area contributed by atoms with Gasteiger partial charge in [0.2, 0.25) is 0 Å². The third-order valence-corrected chi connectivity index (χ3v) is 3.69. The monoisotopic (exact) mass is 296 g/mol. The number of ether oxygens (including phenoxy) is 1. The summed E-state index contributed by atoms with van der Waals surface area (Å²) in [6, 6.07) is 2.15. The Morgan fingerprint density at radius 2 is 1.81 bits per heavy atom. The largest absolute Gasteiger partial charge is 0.484 e. The highest BCUT2D eigenvalue weighted by Gasteiger charge is 2.22. The Hall–Kier alpha value is -1.91. The van der Waals surface area contributed by atoms with Gasteiger partial charge in [-0.25, -0.2) is 13.6 Å². The number of carbonyl (C=O) groups is 1. The average Bonchev–Trinajstić information content (AvgIpc) is 2.42. The molecule has 0 spiro atoms. The van der Waals surface area contributed by atoms with Crippen LogP contribution in [0.15, 0.2) is 18.2 Å². The lowest BCUT2D eigenvalue weighted by molar-refractivity contribution is -0.131. The van der Waals surface area contributed by atoms with Crippen LogP contribution in [0.4, 0.5) is 8.78 Å². The summed E-state index contributed by atoms with van der Waals surface area (Å²) in [5.41, 5.74) is 0.150. The average molecular weight is 296 g/mol. The van der Waals surface area contributed by atoms with Gasteiger partial charge in [-0.2, -0.15) is 0 Å². The van der Waals surface area contributed by atoms with E-state index in [0.717, 1.165) is 50.0 Å². The van der Waals surface area contributed by atoms with Crippen molar-refractivity contribution in [2.75, 3.05) is 0 Å². The van der Waals surface area contributed by atoms with Crippen LogP contribution in [-0.4, -0.2) is 17.2 Å². The van der Waals surface area contributed by atoms with Crippen molar-refractivity contribution in [3.8, 4) is 5.75 Å². The van der Waals surface area contributed by atoms with Crippen LogP contribution in [0.1, 0.15) is 38.2 Å². The van der Waals surface area contributed by atoms with Gasteiger partial charge in [-0.3, -0.25) is 0 Å². The molecule has 1 fully saturated rings. The Kier molecular flexibility index (Phi) is 4.94. The van der Waals surface area contributed by atoms with Gasteiger partial charge >= 0.3 is 5.97 Å². The molecule has 0 saturated heterocycles. The lowest BCUT2D eigenvalue weighted by Gasteiger charge is -2.27. The Balaban J connectivity index is 2.11. The van der Waals surface area contributed by atoms with Gasteiger partial charge in [0.15, 0.2) is 17.4 Å². The molecule has 1 aromatic rings. The van der Waals surface area contributed by atoms with Crippen molar-refractivity contribution in [2.24, 2.45) is 5.92 Å². The first-order valence-electron chi connectivity index (χ1n) is 7.02. The van der Waals surface area contributed by atoms with E-state index in [0.29, 0.717) is 5.92 Å². The van der Waals surface area contributed by atoms with Gasteiger partial charge < -0.3 is 9.84 Å². The Morgan fingerprint density at radius 1 is 1.24 bits per heavy atom. The van der Waals surface area contributed by atoms with E-state index in [-0.39, 0.29) is 17.4 Å². The fourth-order valence-electron chi connectivity index (χ4n) is 2.47. The normalized spacial score (nSPS) is 22.4. The minimum absolute atomic E-state index is 0.150. The summed E-state index contributed by atoms with van der Waals surface area (Å²) in [5.74, 6) is -2.53. The number of aliphatic carboxylic acids is 1. The van der Waals surface area contributed by atoms with E-state index in [4.69, 9.17) is 9.84 Å². The summed E-state index contributed by atoms with van der Waals surface area (Å²) in [4.78, 5) is 10.4. The number of hydrogen-bond acceptors (Lipinski definition) is 2. The van der Waals surface area contributed by atoms with Crippen LogP contribution >= 0.6 is 0 Å². The van der Waals surface area contributed by atoms with Crippen LogP contribution in [0.25, 0.3) is 6.08 Å². The summed E-state index contributed by atoms with van der Waals surface area (Å²) in [7, 11) is 0. The molecule has 0 heterocycles. The Morgan fingerprint density at radius 3 is 2.33 bits per heavy atom. The third-order valence-electron chi connectivity index (χ3n) is 3.69. The zero-order valence-electron chi connectivity index (χ0n) is 11.8. The van der Waals surface area contributed by atoms with Crippen molar-refractivity contribution in [3.05, 3.63) is 35.4 Å². The molecule has 21 heavy (non-hydrogen) atoms. The van der Waals surface area contributed by atoms with E-state index in [1.807, 2.05) is 0 Å². The molecule has 2 rings (SSSR count). The zero-order chi connectivity index (χ0) is 15.4. The Labute approximate surface area is 122 Å². The molecular weight excluding hydrogens is 278 g/mol. The minimum atomic E-state index is -1.17. The standard InChI is InChI=1S/C16H18F2O3/c1-10-2-5-12(6-3-10)21-16-13(17)8-11(9-14(16)18)4-7-15(19)20/h4,7-10,12H,2-3,5-6H2,1H3,(H,19,20). The summed E-state index contributed by atoms with van der Waals surface area (Å²) in [6.07, 6.45) is 5.38. The molecule has 0 radical (unpaired) electrons. The van der Waals surface area contributed by atoms with Crippen molar-refractivity contribution >= 4 is 12.0 Å². The molecular formula is C16H18F2O3. The highest BCUT2D eigenvalue weighted by atomic mass is 19.1. The van der Waals surface area contributed by atoms with Crippen LogP contribution in [-0.2, 0) is 4.79 Å². The van der Waals surface area contributed by atoms with Gasteiger partial charge in [0.25, 0.3) is 0 Å². The van der Waals surface area contributed by atoms with Crippen LogP contribution in [0, 0.1) is 17.6 Å². The molecule has 114 valence electrons. The van der Waals surface area contributed by atoms with Crippen LogP contribution in [0.5, 0.6) is 5.75 Å². The minimum Gasteiger partial charge on any atom is -0.484 e. The van der Waals surface area contributed by atoms with E-state index < -0.39 is 17.6 Å². The van der Waals surface area contributed by atoms with Gasteiger partial charge in [0.05, 0.1) is 6.10 Å². The first kappa shape index (κ1) is 15.5. The van der Waals surface area contributed by atoms with E-state index >= 15 is 0 Å². The molecule has 0 bridgehead atoms. The number of benzene rings is 1. The topological polar surface area (TPSA) is 46.5 Å². The first-order valence-corrected chi connectivity index (χ1v) is 7.02. The Bertz CT molecular complexity index is 523. The first-order chi connectivity index (χ1) is 9.95. The highest BCUT2D eigenvalue weighted by Crippen LogP contribution is 2.30. The molecule has 0 aromatic heterocycles. The molecule has 1 aliphatic carbocycles. The maximum absolute atomic E-state index is 13.9. The molecule has 0 aliphatic heterocycles. The number of carboxylic acid groups (broad SMARTS) is 1. The summed E-state index contributed by atoms with van der Waals surface area (Å²) < 4.78 is 33.3. The molecule has 0 unspecified atom stereocenters. The third kappa shape index (κ3) is 4.28. The number of rotatable bonds is 4. The SMILES string of the molecule is CC1CCC(Oc2c(F)cc(C=CC(=O)O)cc2F)CC1. The van der Waals surface area contributed by atoms with Crippen molar-refractivity contribution in [1.82, 2.24) is 0 Å². The van der Waals surface area contributed by atoms with Gasteiger partial charge in [-0.1, -0.05) is 6.92 Å². The molecule has 3 nitrogen and oxygen atoms in total. The molecule has 1 saturated carbocycles. The predicted octanol–water partition coefficient (Wildman–Crippen LogP) is 4.02. The maximum atomic E-state index is 13.9. The van der Waals surface area contributed by atoms with Gasteiger partial charge in [0, 0.05) is 6.08 Å². The zero-order valence-corrected chi connectivity index (χ0v) is 11.8. The van der Waals surface area contributed by atoms with Crippen molar-refractivity contribution in [2.45, 2.75) is 38.7 Å². The van der Waals surface area contributed by atoms with Gasteiger partial charge in [-0.05, 0) is 55.4 Å². The lowest BCUT2D eigenvalue weighted by Crippen LogP contribution is -2.23. The van der Waals surface area contributed by atoms with E-state index in [9.17, 15) is 13.6 Å². The number of carboxylic acids is 1. The van der Waals surface area contributed by atoms with E-state index in [2.05, 4.69) is 6.92 Å². The number of hydrogen-bond donors (Lipinski definition) is 1. The van der Waals surface area contributed by atoms with Crippen LogP contribution < -0.4 is 4.74 Å². The molecule has 0 amide bonds. The predicted molar refractivity (Wildman–Crippen MR) is 75.1 cm³/mol. The summed E-state index contributed by atoms with van der Waals surface area (Å²) >= 11 is 0. The van der Waals surface area contributed by atoms with E-state index in [1.54, 1.807) is 0 Å². The molecule has 1 aromatic carbocycles. The molecule has 1 aliphatic rings. The van der Waals surface area contributed by atoms with Crippen LogP contribution in [0.3, 0.4) is 0 Å². The second kappa shape index (κ2) is 6.70. The highest BCUT2D eigenvalue weighted by molar-refractivity contribution is 5.85. The number of halogens is 2. The second-order valence-electron chi connectivity index (χ2n) is 5.48. The van der Waals surface area contributed by atoms with Gasteiger partial charge in [-0.15, -0.1) is 0 Å².